The smallest absolute Gasteiger partial charge is 0.119 e. The number of fused-ring (bicyclic) bond motifs is 3. The van der Waals surface area contributed by atoms with E-state index in [0.717, 1.165) is 11.4 Å². The number of anilines is 1. The Bertz CT molecular complexity index is 1410. The molecule has 1 heterocycles. The summed E-state index contributed by atoms with van der Waals surface area (Å²) in [7, 11) is 5.81. The Morgan fingerprint density at radius 1 is 0.688 bits per heavy atom. The van der Waals surface area contributed by atoms with Crippen molar-refractivity contribution in [3.63, 3.8) is 0 Å². The summed E-state index contributed by atoms with van der Waals surface area (Å²) in [5, 5.41) is 2.51. The Balaban J connectivity index is 1.57. The fourth-order valence-corrected chi connectivity index (χ4v) is 4.18. The van der Waals surface area contributed by atoms with Crippen LogP contribution in [-0.2, 0) is 0 Å². The van der Waals surface area contributed by atoms with Crippen LogP contribution in [0.15, 0.2) is 91.0 Å². The van der Waals surface area contributed by atoms with Crippen molar-refractivity contribution < 1.29 is 4.74 Å². The molecule has 32 heavy (non-hydrogen) atoms. The van der Waals surface area contributed by atoms with E-state index in [-0.39, 0.29) is 0 Å². The van der Waals surface area contributed by atoms with Crippen molar-refractivity contribution in [2.75, 3.05) is 26.1 Å². The molecule has 4 aromatic carbocycles. The molecular weight excluding hydrogens is 392 g/mol. The monoisotopic (exact) mass is 418 g/mol. The molecule has 0 saturated heterocycles. The van der Waals surface area contributed by atoms with Gasteiger partial charge in [-0.05, 0) is 65.7 Å². The van der Waals surface area contributed by atoms with Crippen molar-refractivity contribution >= 4 is 39.6 Å². The van der Waals surface area contributed by atoms with Gasteiger partial charge in [0, 0.05) is 36.2 Å². The molecule has 0 atom stereocenters. The molecule has 0 amide bonds. The third-order valence-electron chi connectivity index (χ3n) is 5.90. The lowest BCUT2D eigenvalue weighted by Crippen LogP contribution is -2.07. The van der Waals surface area contributed by atoms with Gasteiger partial charge in [-0.25, -0.2) is 0 Å². The lowest BCUT2D eigenvalue weighted by atomic mass is 10.1. The summed E-state index contributed by atoms with van der Waals surface area (Å²) in [6, 6.07) is 32.1. The number of methoxy groups -OCH3 is 1. The van der Waals surface area contributed by atoms with Gasteiger partial charge in [0.1, 0.15) is 5.75 Å². The second-order valence-corrected chi connectivity index (χ2v) is 8.15. The number of aromatic nitrogens is 1. The maximum absolute atomic E-state index is 5.34. The van der Waals surface area contributed by atoms with E-state index in [0.29, 0.717) is 0 Å². The number of hydrogen-bond donors (Lipinski definition) is 0. The molecule has 0 fully saturated rings. The molecule has 0 spiro atoms. The van der Waals surface area contributed by atoms with Crippen molar-refractivity contribution in [3.05, 3.63) is 102 Å². The number of rotatable bonds is 5. The lowest BCUT2D eigenvalue weighted by Gasteiger charge is -2.11. The summed E-state index contributed by atoms with van der Waals surface area (Å²) in [6.45, 7) is 0. The Hall–Kier alpha value is -3.98. The first-order chi connectivity index (χ1) is 15.6. The Labute approximate surface area is 188 Å². The normalized spacial score (nSPS) is 11.5. The summed E-state index contributed by atoms with van der Waals surface area (Å²) in [5.41, 5.74) is 7.11. The largest absolute Gasteiger partial charge is 0.497 e. The molecular formula is C29H26N2O. The molecule has 0 aliphatic rings. The van der Waals surface area contributed by atoms with E-state index in [2.05, 4.69) is 115 Å². The highest BCUT2D eigenvalue weighted by Crippen LogP contribution is 2.33. The molecule has 0 aliphatic carbocycles. The molecule has 0 radical (unpaired) electrons. The van der Waals surface area contributed by atoms with Gasteiger partial charge in [-0.1, -0.05) is 48.6 Å². The summed E-state index contributed by atoms with van der Waals surface area (Å²) in [5.74, 6) is 0.862. The van der Waals surface area contributed by atoms with Crippen LogP contribution < -0.4 is 9.64 Å². The minimum atomic E-state index is 0.862. The van der Waals surface area contributed by atoms with E-state index in [1.54, 1.807) is 7.11 Å². The van der Waals surface area contributed by atoms with Crippen LogP contribution in [-0.4, -0.2) is 25.8 Å². The SMILES string of the molecule is COc1ccc(-n2c3ccccc3c3cc(/C=C\c4ccc(N(C)C)cc4)ccc32)cc1. The van der Waals surface area contributed by atoms with Crippen LogP contribution in [0.2, 0.25) is 0 Å². The molecule has 5 rings (SSSR count). The first-order valence-corrected chi connectivity index (χ1v) is 10.8. The van der Waals surface area contributed by atoms with Crippen molar-refractivity contribution in [2.24, 2.45) is 0 Å². The average molecular weight is 419 g/mol. The van der Waals surface area contributed by atoms with Gasteiger partial charge in [0.2, 0.25) is 0 Å². The van der Waals surface area contributed by atoms with Crippen molar-refractivity contribution in [3.8, 4) is 11.4 Å². The number of nitrogens with zero attached hydrogens (tertiary/aromatic N) is 2. The quantitative estimate of drug-likeness (QED) is 0.285. The van der Waals surface area contributed by atoms with Crippen molar-refractivity contribution in [2.45, 2.75) is 0 Å². The van der Waals surface area contributed by atoms with E-state index in [1.807, 2.05) is 12.1 Å². The maximum Gasteiger partial charge on any atom is 0.119 e. The Morgan fingerprint density at radius 2 is 1.34 bits per heavy atom. The molecule has 0 unspecified atom stereocenters. The van der Waals surface area contributed by atoms with Crippen LogP contribution in [0.4, 0.5) is 5.69 Å². The molecule has 3 heteroatoms. The van der Waals surface area contributed by atoms with Crippen molar-refractivity contribution in [1.82, 2.24) is 4.57 Å². The molecule has 0 saturated carbocycles. The zero-order valence-electron chi connectivity index (χ0n) is 18.6. The van der Waals surface area contributed by atoms with E-state index in [4.69, 9.17) is 4.74 Å². The fraction of sp³-hybridized carbons (Fsp3) is 0.103. The highest BCUT2D eigenvalue weighted by molar-refractivity contribution is 6.10. The first-order valence-electron chi connectivity index (χ1n) is 10.8. The van der Waals surface area contributed by atoms with Gasteiger partial charge in [0.05, 0.1) is 18.1 Å². The van der Waals surface area contributed by atoms with Gasteiger partial charge >= 0.3 is 0 Å². The van der Waals surface area contributed by atoms with Gasteiger partial charge in [0.15, 0.2) is 0 Å². The predicted molar refractivity (Wildman–Crippen MR) is 137 cm³/mol. The standard InChI is InChI=1S/C29H26N2O/c1-30(2)23-13-10-21(11-14-23)8-9-22-12-19-29-27(20-22)26-6-4-5-7-28(26)31(29)24-15-17-25(32-3)18-16-24/h4-20H,1-3H3/b9-8-. The van der Waals surface area contributed by atoms with Gasteiger partial charge in [-0.15, -0.1) is 0 Å². The van der Waals surface area contributed by atoms with Crippen molar-refractivity contribution in [1.29, 1.82) is 0 Å². The van der Waals surface area contributed by atoms with Gasteiger partial charge < -0.3 is 14.2 Å². The van der Waals surface area contributed by atoms with Crippen LogP contribution in [0.1, 0.15) is 11.1 Å². The highest BCUT2D eigenvalue weighted by atomic mass is 16.5. The molecule has 0 aliphatic heterocycles. The summed E-state index contributed by atoms with van der Waals surface area (Å²) in [4.78, 5) is 2.11. The zero-order chi connectivity index (χ0) is 22.1. The lowest BCUT2D eigenvalue weighted by molar-refractivity contribution is 0.415. The third-order valence-corrected chi connectivity index (χ3v) is 5.90. The minimum absolute atomic E-state index is 0.862. The van der Waals surface area contributed by atoms with E-state index in [1.165, 1.54) is 38.6 Å². The van der Waals surface area contributed by atoms with Crippen LogP contribution in [0.3, 0.4) is 0 Å². The van der Waals surface area contributed by atoms with Gasteiger partial charge in [-0.3, -0.25) is 0 Å². The molecule has 0 bridgehead atoms. The number of ether oxygens (including phenoxy) is 1. The van der Waals surface area contributed by atoms with Gasteiger partial charge in [0.25, 0.3) is 0 Å². The topological polar surface area (TPSA) is 17.4 Å². The molecule has 1 aromatic heterocycles. The molecule has 0 N–H and O–H groups in total. The van der Waals surface area contributed by atoms with E-state index >= 15 is 0 Å². The highest BCUT2D eigenvalue weighted by Gasteiger charge is 2.12. The fourth-order valence-electron chi connectivity index (χ4n) is 4.18. The first kappa shape index (κ1) is 20.0. The van der Waals surface area contributed by atoms with Crippen LogP contribution in [0, 0.1) is 0 Å². The zero-order valence-corrected chi connectivity index (χ0v) is 18.6. The van der Waals surface area contributed by atoms with E-state index in [9.17, 15) is 0 Å². The predicted octanol–water partition coefficient (Wildman–Crippen LogP) is 7.03. The third kappa shape index (κ3) is 3.63. The maximum atomic E-state index is 5.34. The molecule has 5 aromatic rings. The van der Waals surface area contributed by atoms with E-state index < -0.39 is 0 Å². The Morgan fingerprint density at radius 3 is 2.06 bits per heavy atom. The average Bonchev–Trinajstić information content (AvgIpc) is 3.17. The minimum Gasteiger partial charge on any atom is -0.497 e. The number of benzene rings is 4. The molecule has 158 valence electrons. The second-order valence-electron chi connectivity index (χ2n) is 8.15. The molecule has 3 nitrogen and oxygen atoms in total. The summed E-state index contributed by atoms with van der Waals surface area (Å²) in [6.07, 6.45) is 4.35. The number of hydrogen-bond acceptors (Lipinski definition) is 2. The summed E-state index contributed by atoms with van der Waals surface area (Å²) < 4.78 is 7.66. The van der Waals surface area contributed by atoms with Crippen LogP contribution in [0.5, 0.6) is 5.75 Å². The van der Waals surface area contributed by atoms with Crippen LogP contribution >= 0.6 is 0 Å². The van der Waals surface area contributed by atoms with Gasteiger partial charge in [-0.2, -0.15) is 0 Å². The number of para-hydroxylation sites is 1. The second kappa shape index (κ2) is 8.27. The van der Waals surface area contributed by atoms with Crippen LogP contribution in [0.25, 0.3) is 39.6 Å². The summed E-state index contributed by atoms with van der Waals surface area (Å²) >= 11 is 0. The Kier molecular flexibility index (Phi) is 5.16.